The molecular weight excluding hydrogens is 208 g/mol. The van der Waals surface area contributed by atoms with Crippen molar-refractivity contribution in [2.45, 2.75) is 38.9 Å². The molecular formula is C11H18N2O3. The number of amides is 1. The summed E-state index contributed by atoms with van der Waals surface area (Å²) in [6, 6.07) is 1.92. The summed E-state index contributed by atoms with van der Waals surface area (Å²) in [6.07, 6.45) is 0.420. The number of hydrogen-bond acceptors (Lipinski definition) is 4. The number of carbonyl (C=O) groups is 1. The first-order chi connectivity index (χ1) is 7.42. The van der Waals surface area contributed by atoms with Crippen LogP contribution in [0, 0.1) is 11.3 Å². The largest absolute Gasteiger partial charge is 0.444 e. The van der Waals surface area contributed by atoms with Crippen LogP contribution in [-0.4, -0.2) is 42.4 Å². The van der Waals surface area contributed by atoms with E-state index in [0.29, 0.717) is 13.1 Å². The summed E-state index contributed by atoms with van der Waals surface area (Å²) in [7, 11) is 0. The highest BCUT2D eigenvalue weighted by Gasteiger charge is 2.29. The van der Waals surface area contributed by atoms with Gasteiger partial charge in [-0.2, -0.15) is 5.26 Å². The van der Waals surface area contributed by atoms with E-state index >= 15 is 0 Å². The summed E-state index contributed by atoms with van der Waals surface area (Å²) in [5.41, 5.74) is -0.470. The van der Waals surface area contributed by atoms with E-state index in [1.54, 1.807) is 4.90 Å². The summed E-state index contributed by atoms with van der Waals surface area (Å²) in [5.74, 6) is 0. The van der Waals surface area contributed by atoms with Crippen LogP contribution in [0.1, 0.15) is 27.2 Å². The standard InChI is InChI=1S/C11H18N2O3/c1-11(2,3)16-10(14)13-6-4-9(8-13)15-7-5-12/h9H,4,6-8H2,1-3H3. The van der Waals surface area contributed by atoms with Gasteiger partial charge in [0.1, 0.15) is 12.2 Å². The number of nitrogens with zero attached hydrogens (tertiary/aromatic N) is 2. The van der Waals surface area contributed by atoms with Gasteiger partial charge in [-0.05, 0) is 27.2 Å². The molecule has 1 amide bonds. The van der Waals surface area contributed by atoms with Crippen LogP contribution in [0.25, 0.3) is 0 Å². The molecule has 0 aromatic heterocycles. The minimum atomic E-state index is -0.470. The number of nitriles is 1. The molecule has 90 valence electrons. The number of hydrogen-bond donors (Lipinski definition) is 0. The van der Waals surface area contributed by atoms with Crippen LogP contribution in [0.2, 0.25) is 0 Å². The zero-order valence-corrected chi connectivity index (χ0v) is 10.0. The Labute approximate surface area is 95.9 Å². The molecule has 1 saturated heterocycles. The fraction of sp³-hybridized carbons (Fsp3) is 0.818. The van der Waals surface area contributed by atoms with Gasteiger partial charge in [-0.25, -0.2) is 4.79 Å². The van der Waals surface area contributed by atoms with Crippen LogP contribution < -0.4 is 0 Å². The maximum atomic E-state index is 11.7. The van der Waals surface area contributed by atoms with E-state index in [1.165, 1.54) is 0 Å². The molecule has 0 aromatic carbocycles. The second-order valence-electron chi connectivity index (χ2n) is 4.81. The van der Waals surface area contributed by atoms with Crippen molar-refractivity contribution in [3.63, 3.8) is 0 Å². The van der Waals surface area contributed by atoms with Crippen molar-refractivity contribution in [1.29, 1.82) is 5.26 Å². The third-order valence-electron chi connectivity index (χ3n) is 2.18. The van der Waals surface area contributed by atoms with E-state index in [2.05, 4.69) is 0 Å². The molecule has 1 aliphatic rings. The number of rotatable bonds is 2. The molecule has 0 aromatic rings. The predicted octanol–water partition coefficient (Wildman–Crippen LogP) is 1.54. The van der Waals surface area contributed by atoms with Gasteiger partial charge in [0.2, 0.25) is 0 Å². The van der Waals surface area contributed by atoms with Crippen molar-refractivity contribution in [1.82, 2.24) is 4.90 Å². The van der Waals surface area contributed by atoms with Gasteiger partial charge >= 0.3 is 6.09 Å². The molecule has 1 atom stereocenters. The predicted molar refractivity (Wildman–Crippen MR) is 57.8 cm³/mol. The van der Waals surface area contributed by atoms with E-state index in [4.69, 9.17) is 14.7 Å². The minimum Gasteiger partial charge on any atom is -0.444 e. The van der Waals surface area contributed by atoms with Crippen LogP contribution in [0.4, 0.5) is 4.79 Å². The van der Waals surface area contributed by atoms with Gasteiger partial charge in [-0.15, -0.1) is 0 Å². The number of ether oxygens (including phenoxy) is 2. The molecule has 1 aliphatic heterocycles. The van der Waals surface area contributed by atoms with E-state index in [0.717, 1.165) is 6.42 Å². The molecule has 5 nitrogen and oxygen atoms in total. The fourth-order valence-corrected chi connectivity index (χ4v) is 1.51. The van der Waals surface area contributed by atoms with Crippen molar-refractivity contribution in [3.8, 4) is 6.07 Å². The Morgan fingerprint density at radius 1 is 1.56 bits per heavy atom. The highest BCUT2D eigenvalue weighted by Crippen LogP contribution is 2.16. The van der Waals surface area contributed by atoms with Gasteiger partial charge in [0, 0.05) is 6.54 Å². The van der Waals surface area contributed by atoms with Crippen LogP contribution in [0.3, 0.4) is 0 Å². The topological polar surface area (TPSA) is 62.6 Å². The Morgan fingerprint density at radius 2 is 2.25 bits per heavy atom. The molecule has 1 fully saturated rings. The summed E-state index contributed by atoms with van der Waals surface area (Å²) in [6.45, 7) is 6.73. The van der Waals surface area contributed by atoms with Gasteiger partial charge in [-0.1, -0.05) is 0 Å². The van der Waals surface area contributed by atoms with Crippen LogP contribution >= 0.6 is 0 Å². The molecule has 16 heavy (non-hydrogen) atoms. The molecule has 1 heterocycles. The maximum Gasteiger partial charge on any atom is 0.410 e. The molecule has 0 aliphatic carbocycles. The highest BCUT2D eigenvalue weighted by atomic mass is 16.6. The first kappa shape index (κ1) is 12.8. The Bertz CT molecular complexity index is 291. The lowest BCUT2D eigenvalue weighted by Gasteiger charge is -2.24. The van der Waals surface area contributed by atoms with Gasteiger partial charge in [0.05, 0.1) is 18.7 Å². The second-order valence-corrected chi connectivity index (χ2v) is 4.81. The fourth-order valence-electron chi connectivity index (χ4n) is 1.51. The van der Waals surface area contributed by atoms with Crippen molar-refractivity contribution < 1.29 is 14.3 Å². The molecule has 0 bridgehead atoms. The normalized spacial score (nSPS) is 20.6. The maximum absolute atomic E-state index is 11.7. The van der Waals surface area contributed by atoms with Crippen molar-refractivity contribution in [3.05, 3.63) is 0 Å². The van der Waals surface area contributed by atoms with Gasteiger partial charge in [0.25, 0.3) is 0 Å². The third-order valence-corrected chi connectivity index (χ3v) is 2.18. The first-order valence-electron chi connectivity index (χ1n) is 5.39. The Kier molecular flexibility index (Phi) is 4.13. The molecule has 0 spiro atoms. The Morgan fingerprint density at radius 3 is 2.81 bits per heavy atom. The SMILES string of the molecule is CC(C)(C)OC(=O)N1CCC(OCC#N)C1. The molecule has 0 N–H and O–H groups in total. The smallest absolute Gasteiger partial charge is 0.410 e. The van der Waals surface area contributed by atoms with E-state index < -0.39 is 5.60 Å². The second kappa shape index (κ2) is 5.17. The Hall–Kier alpha value is -1.28. The van der Waals surface area contributed by atoms with E-state index in [9.17, 15) is 4.79 Å². The van der Waals surface area contributed by atoms with Crippen LogP contribution in [0.5, 0.6) is 0 Å². The lowest BCUT2D eigenvalue weighted by Crippen LogP contribution is -2.36. The third kappa shape index (κ3) is 4.07. The zero-order chi connectivity index (χ0) is 12.2. The van der Waals surface area contributed by atoms with E-state index in [-0.39, 0.29) is 18.8 Å². The highest BCUT2D eigenvalue weighted by molar-refractivity contribution is 5.68. The van der Waals surface area contributed by atoms with Crippen molar-refractivity contribution in [2.24, 2.45) is 0 Å². The zero-order valence-electron chi connectivity index (χ0n) is 10.0. The van der Waals surface area contributed by atoms with E-state index in [1.807, 2.05) is 26.8 Å². The van der Waals surface area contributed by atoms with Gasteiger partial charge < -0.3 is 14.4 Å². The molecule has 5 heteroatoms. The van der Waals surface area contributed by atoms with Crippen molar-refractivity contribution >= 4 is 6.09 Å². The minimum absolute atomic E-state index is 0.0350. The summed E-state index contributed by atoms with van der Waals surface area (Å²) < 4.78 is 10.5. The monoisotopic (exact) mass is 226 g/mol. The number of likely N-dealkylation sites (tertiary alicyclic amines) is 1. The molecule has 1 rings (SSSR count). The molecule has 0 radical (unpaired) electrons. The average Bonchev–Trinajstić information content (AvgIpc) is 2.60. The Balaban J connectivity index is 2.36. The summed E-state index contributed by atoms with van der Waals surface area (Å²) >= 11 is 0. The van der Waals surface area contributed by atoms with Gasteiger partial charge in [-0.3, -0.25) is 0 Å². The summed E-state index contributed by atoms with van der Waals surface area (Å²) in [5, 5.41) is 8.37. The first-order valence-corrected chi connectivity index (χ1v) is 5.39. The molecule has 1 unspecified atom stereocenters. The van der Waals surface area contributed by atoms with Crippen molar-refractivity contribution in [2.75, 3.05) is 19.7 Å². The van der Waals surface area contributed by atoms with Crippen LogP contribution in [0.15, 0.2) is 0 Å². The quantitative estimate of drug-likeness (QED) is 0.716. The lowest BCUT2D eigenvalue weighted by atomic mass is 10.2. The van der Waals surface area contributed by atoms with Gasteiger partial charge in [0.15, 0.2) is 0 Å². The summed E-state index contributed by atoms with van der Waals surface area (Å²) in [4.78, 5) is 13.3. The lowest BCUT2D eigenvalue weighted by molar-refractivity contribution is 0.0237. The molecule has 0 saturated carbocycles. The van der Waals surface area contributed by atoms with Crippen LogP contribution in [-0.2, 0) is 9.47 Å². The average molecular weight is 226 g/mol. The number of carbonyl (C=O) groups excluding carboxylic acids is 1.